The highest BCUT2D eigenvalue weighted by Gasteiger charge is 2.35. The van der Waals surface area contributed by atoms with Crippen LogP contribution in [0.5, 0.6) is 0 Å². The summed E-state index contributed by atoms with van der Waals surface area (Å²) < 4.78 is 0. The Bertz CT molecular complexity index is 1910. The topological polar surface area (TPSA) is 0 Å². The van der Waals surface area contributed by atoms with Gasteiger partial charge in [0.25, 0.3) is 0 Å². The minimum absolute atomic E-state index is 0.0157. The highest BCUT2D eigenvalue weighted by atomic mass is 14.4. The van der Waals surface area contributed by atoms with Crippen LogP contribution in [-0.4, -0.2) is 0 Å². The lowest BCUT2D eigenvalue weighted by molar-refractivity contribution is 0.591. The molecule has 6 aromatic carbocycles. The average Bonchev–Trinajstić information content (AvgIpc) is 3.17. The summed E-state index contributed by atoms with van der Waals surface area (Å²) in [6.07, 6.45) is 0. The molecule has 7 rings (SSSR count). The molecule has 0 atom stereocenters. The normalized spacial score (nSPS) is 14.0. The van der Waals surface area contributed by atoms with Gasteiger partial charge in [-0.15, -0.1) is 0 Å². The first-order valence-electron chi connectivity index (χ1n) is 14.0. The highest BCUT2D eigenvalue weighted by molar-refractivity contribution is 5.94. The molecule has 0 saturated carbocycles. The Morgan fingerprint density at radius 1 is 0.436 bits per heavy atom. The standard InChI is InChI=1S/C39H34/c1-38(2,3)33-18-16-30-22-28(14-15-31(30)23-33)25-10-11-27-21-29(13-12-26(27)20-25)32-17-19-35-34-8-6-7-9-36(34)39(4,5)37(35)24-32/h6-24H,1-5H3. The molecule has 0 saturated heterocycles. The first-order valence-corrected chi connectivity index (χ1v) is 14.0. The number of fused-ring (bicyclic) bond motifs is 5. The molecule has 0 N–H and O–H groups in total. The monoisotopic (exact) mass is 502 g/mol. The van der Waals surface area contributed by atoms with Crippen molar-refractivity contribution in [2.45, 2.75) is 45.4 Å². The van der Waals surface area contributed by atoms with Crippen LogP contribution in [0.1, 0.15) is 51.3 Å². The third kappa shape index (κ3) is 3.90. The van der Waals surface area contributed by atoms with E-state index in [1.165, 1.54) is 71.6 Å². The maximum atomic E-state index is 2.41. The predicted octanol–water partition coefficient (Wildman–Crippen LogP) is 10.9. The van der Waals surface area contributed by atoms with Gasteiger partial charge < -0.3 is 0 Å². The largest absolute Gasteiger partial charge is 0.0619 e. The summed E-state index contributed by atoms with van der Waals surface area (Å²) >= 11 is 0. The fourth-order valence-electron chi connectivity index (χ4n) is 6.38. The van der Waals surface area contributed by atoms with Gasteiger partial charge in [0, 0.05) is 5.41 Å². The maximum Gasteiger partial charge on any atom is 0.0159 e. The first-order chi connectivity index (χ1) is 18.7. The highest BCUT2D eigenvalue weighted by Crippen LogP contribution is 2.49. The molecule has 0 aromatic heterocycles. The Morgan fingerprint density at radius 2 is 0.897 bits per heavy atom. The van der Waals surface area contributed by atoms with E-state index in [4.69, 9.17) is 0 Å². The molecular weight excluding hydrogens is 468 g/mol. The average molecular weight is 503 g/mol. The second-order valence-corrected chi connectivity index (χ2v) is 12.7. The summed E-state index contributed by atoms with van der Waals surface area (Å²) in [4.78, 5) is 0. The van der Waals surface area contributed by atoms with Crippen molar-refractivity contribution in [2.75, 3.05) is 0 Å². The van der Waals surface area contributed by atoms with Crippen LogP contribution in [0.25, 0.3) is 54.9 Å². The SMILES string of the molecule is CC(C)(C)c1ccc2cc(-c3ccc4cc(-c5ccc6c(c5)C(C)(C)c5ccccc5-6)ccc4c3)ccc2c1. The molecule has 39 heavy (non-hydrogen) atoms. The molecule has 1 aliphatic carbocycles. The summed E-state index contributed by atoms with van der Waals surface area (Å²) in [5, 5.41) is 5.14. The van der Waals surface area contributed by atoms with Crippen LogP contribution in [0.15, 0.2) is 115 Å². The smallest absolute Gasteiger partial charge is 0.0159 e. The van der Waals surface area contributed by atoms with Crippen LogP contribution in [0.4, 0.5) is 0 Å². The molecule has 1 aliphatic rings. The van der Waals surface area contributed by atoms with Crippen LogP contribution >= 0.6 is 0 Å². The first kappa shape index (κ1) is 23.9. The van der Waals surface area contributed by atoms with Gasteiger partial charge in [0.2, 0.25) is 0 Å². The third-order valence-electron chi connectivity index (χ3n) is 8.80. The van der Waals surface area contributed by atoms with Gasteiger partial charge in [0.1, 0.15) is 0 Å². The Balaban J connectivity index is 1.23. The second-order valence-electron chi connectivity index (χ2n) is 12.7. The quantitative estimate of drug-likeness (QED) is 0.221. The molecule has 190 valence electrons. The Hall–Kier alpha value is -4.16. The lowest BCUT2D eigenvalue weighted by atomic mass is 9.81. The minimum atomic E-state index is 0.0157. The molecule has 0 bridgehead atoms. The fraction of sp³-hybridized carbons (Fsp3) is 0.179. The van der Waals surface area contributed by atoms with E-state index in [2.05, 4.69) is 150 Å². The summed E-state index contributed by atoms with van der Waals surface area (Å²) in [5.41, 5.74) is 12.2. The van der Waals surface area contributed by atoms with Gasteiger partial charge in [0.15, 0.2) is 0 Å². The van der Waals surface area contributed by atoms with E-state index in [-0.39, 0.29) is 10.8 Å². The van der Waals surface area contributed by atoms with Gasteiger partial charge in [-0.05, 0) is 101 Å². The van der Waals surface area contributed by atoms with Gasteiger partial charge in [-0.2, -0.15) is 0 Å². The van der Waals surface area contributed by atoms with Gasteiger partial charge >= 0.3 is 0 Å². The van der Waals surface area contributed by atoms with Crippen LogP contribution in [0.2, 0.25) is 0 Å². The van der Waals surface area contributed by atoms with Crippen molar-refractivity contribution in [2.24, 2.45) is 0 Å². The maximum absolute atomic E-state index is 2.41. The summed E-state index contributed by atoms with van der Waals surface area (Å²) in [7, 11) is 0. The molecular formula is C39H34. The van der Waals surface area contributed by atoms with Crippen LogP contribution < -0.4 is 0 Å². The predicted molar refractivity (Wildman–Crippen MR) is 169 cm³/mol. The van der Waals surface area contributed by atoms with Gasteiger partial charge in [-0.1, -0.05) is 126 Å². The Kier molecular flexibility index (Phi) is 5.16. The van der Waals surface area contributed by atoms with E-state index in [0.29, 0.717) is 0 Å². The molecule has 6 aromatic rings. The molecule has 0 aliphatic heterocycles. The van der Waals surface area contributed by atoms with Gasteiger partial charge in [0.05, 0.1) is 0 Å². The van der Waals surface area contributed by atoms with E-state index in [9.17, 15) is 0 Å². The summed E-state index contributed by atoms with van der Waals surface area (Å²) in [6.45, 7) is 11.5. The molecule has 0 amide bonds. The molecule has 0 unspecified atom stereocenters. The summed E-state index contributed by atoms with van der Waals surface area (Å²) in [5.74, 6) is 0. The lowest BCUT2D eigenvalue weighted by Gasteiger charge is -2.22. The number of benzene rings is 6. The molecule has 0 nitrogen and oxygen atoms in total. The Labute approximate surface area is 232 Å². The summed E-state index contributed by atoms with van der Waals surface area (Å²) in [6, 6.07) is 43.3. The second kappa shape index (κ2) is 8.42. The molecule has 0 radical (unpaired) electrons. The van der Waals surface area contributed by atoms with Crippen LogP contribution in [0, 0.1) is 0 Å². The van der Waals surface area contributed by atoms with Crippen molar-refractivity contribution in [3.63, 3.8) is 0 Å². The van der Waals surface area contributed by atoms with E-state index in [1.54, 1.807) is 0 Å². The van der Waals surface area contributed by atoms with Gasteiger partial charge in [-0.25, -0.2) is 0 Å². The van der Waals surface area contributed by atoms with Crippen molar-refractivity contribution < 1.29 is 0 Å². The zero-order valence-electron chi connectivity index (χ0n) is 23.5. The molecule has 0 fully saturated rings. The van der Waals surface area contributed by atoms with Crippen LogP contribution in [-0.2, 0) is 10.8 Å². The zero-order chi connectivity index (χ0) is 26.9. The van der Waals surface area contributed by atoms with E-state index < -0.39 is 0 Å². The fourth-order valence-corrected chi connectivity index (χ4v) is 6.38. The zero-order valence-corrected chi connectivity index (χ0v) is 23.5. The van der Waals surface area contributed by atoms with E-state index in [1.807, 2.05) is 0 Å². The van der Waals surface area contributed by atoms with Gasteiger partial charge in [-0.3, -0.25) is 0 Å². The molecule has 0 heterocycles. The third-order valence-corrected chi connectivity index (χ3v) is 8.80. The van der Waals surface area contributed by atoms with Crippen molar-refractivity contribution in [3.8, 4) is 33.4 Å². The van der Waals surface area contributed by atoms with E-state index in [0.717, 1.165) is 0 Å². The van der Waals surface area contributed by atoms with Crippen molar-refractivity contribution in [3.05, 3.63) is 132 Å². The molecule has 0 heteroatoms. The van der Waals surface area contributed by atoms with Crippen molar-refractivity contribution >= 4 is 21.5 Å². The minimum Gasteiger partial charge on any atom is -0.0619 e. The molecule has 0 spiro atoms. The van der Waals surface area contributed by atoms with Crippen molar-refractivity contribution in [1.29, 1.82) is 0 Å². The van der Waals surface area contributed by atoms with Crippen molar-refractivity contribution in [1.82, 2.24) is 0 Å². The number of rotatable bonds is 2. The number of hydrogen-bond donors (Lipinski definition) is 0. The Morgan fingerprint density at radius 3 is 1.49 bits per heavy atom. The van der Waals surface area contributed by atoms with E-state index >= 15 is 0 Å². The van der Waals surface area contributed by atoms with Crippen LogP contribution in [0.3, 0.4) is 0 Å². The number of hydrogen-bond acceptors (Lipinski definition) is 0. The lowest BCUT2D eigenvalue weighted by Crippen LogP contribution is -2.14.